The standard InChI is InChI=1S/C19H24N2O5S/c1-13-16(20-19(26-13)14-6-9-27-12-14)10-17(22)21(7-5-18(23)24-2)11-15-4-3-8-25-15/h6,9,12,15H,3-5,7-8,10-11H2,1-2H3. The van der Waals surface area contributed by atoms with E-state index >= 15 is 0 Å². The van der Waals surface area contributed by atoms with Gasteiger partial charge >= 0.3 is 5.97 Å². The van der Waals surface area contributed by atoms with E-state index in [9.17, 15) is 9.59 Å². The van der Waals surface area contributed by atoms with Crippen LogP contribution in [0.15, 0.2) is 21.2 Å². The fraction of sp³-hybridized carbons (Fsp3) is 0.526. The number of hydrogen-bond donors (Lipinski definition) is 0. The highest BCUT2D eigenvalue weighted by molar-refractivity contribution is 7.08. The molecule has 1 unspecified atom stereocenters. The summed E-state index contributed by atoms with van der Waals surface area (Å²) in [5.41, 5.74) is 1.53. The number of carbonyl (C=O) groups excluding carboxylic acids is 2. The molecule has 0 aliphatic carbocycles. The number of thiophene rings is 1. The summed E-state index contributed by atoms with van der Waals surface area (Å²) in [6, 6.07) is 1.93. The molecule has 2 aromatic heterocycles. The highest BCUT2D eigenvalue weighted by Gasteiger charge is 2.25. The Balaban J connectivity index is 1.68. The summed E-state index contributed by atoms with van der Waals surface area (Å²) in [4.78, 5) is 30.6. The molecule has 1 aliphatic heterocycles. The maximum atomic E-state index is 12.9. The second kappa shape index (κ2) is 9.14. The summed E-state index contributed by atoms with van der Waals surface area (Å²) in [6.45, 7) is 3.31. The molecule has 27 heavy (non-hydrogen) atoms. The third-order valence-corrected chi connectivity index (χ3v) is 5.28. The van der Waals surface area contributed by atoms with E-state index in [0.717, 1.165) is 25.0 Å². The van der Waals surface area contributed by atoms with Gasteiger partial charge in [-0.05, 0) is 31.2 Å². The van der Waals surface area contributed by atoms with Crippen LogP contribution in [0.2, 0.25) is 0 Å². The molecule has 0 saturated carbocycles. The summed E-state index contributed by atoms with van der Waals surface area (Å²) < 4.78 is 16.1. The number of amides is 1. The van der Waals surface area contributed by atoms with Gasteiger partial charge in [0.15, 0.2) is 0 Å². The Morgan fingerprint density at radius 3 is 2.96 bits per heavy atom. The molecule has 0 N–H and O–H groups in total. The fourth-order valence-corrected chi connectivity index (χ4v) is 3.67. The maximum Gasteiger partial charge on any atom is 0.307 e. The molecule has 1 atom stereocenters. The molecule has 1 saturated heterocycles. The minimum absolute atomic E-state index is 0.0198. The van der Waals surface area contributed by atoms with Crippen molar-refractivity contribution >= 4 is 23.2 Å². The molecule has 3 rings (SSSR count). The Kier molecular flexibility index (Phi) is 6.63. The van der Waals surface area contributed by atoms with Gasteiger partial charge in [0, 0.05) is 30.6 Å². The van der Waals surface area contributed by atoms with Crippen molar-refractivity contribution in [2.45, 2.75) is 38.7 Å². The first kappa shape index (κ1) is 19.6. The molecule has 0 spiro atoms. The number of hydrogen-bond acceptors (Lipinski definition) is 7. The van der Waals surface area contributed by atoms with Crippen LogP contribution in [-0.4, -0.2) is 54.7 Å². The summed E-state index contributed by atoms with van der Waals surface area (Å²) in [5, 5.41) is 3.91. The second-order valence-electron chi connectivity index (χ2n) is 6.51. The topological polar surface area (TPSA) is 81.9 Å². The van der Waals surface area contributed by atoms with Crippen LogP contribution < -0.4 is 0 Å². The van der Waals surface area contributed by atoms with E-state index < -0.39 is 0 Å². The largest absolute Gasteiger partial charge is 0.469 e. The minimum Gasteiger partial charge on any atom is -0.469 e. The van der Waals surface area contributed by atoms with E-state index in [1.54, 1.807) is 16.2 Å². The average Bonchev–Trinajstić information content (AvgIpc) is 3.41. The van der Waals surface area contributed by atoms with E-state index in [4.69, 9.17) is 13.9 Å². The third-order valence-electron chi connectivity index (χ3n) is 4.59. The van der Waals surface area contributed by atoms with Gasteiger partial charge in [-0.3, -0.25) is 9.59 Å². The van der Waals surface area contributed by atoms with Crippen molar-refractivity contribution in [3.8, 4) is 11.5 Å². The van der Waals surface area contributed by atoms with Gasteiger partial charge in [0.1, 0.15) is 5.76 Å². The Morgan fingerprint density at radius 1 is 1.44 bits per heavy atom. The quantitative estimate of drug-likeness (QED) is 0.643. The zero-order valence-electron chi connectivity index (χ0n) is 15.6. The molecule has 8 heteroatoms. The third kappa shape index (κ3) is 5.17. The van der Waals surface area contributed by atoms with Gasteiger partial charge in [0.2, 0.25) is 11.8 Å². The Bertz CT molecular complexity index is 765. The molecular formula is C19H24N2O5S. The Labute approximate surface area is 162 Å². The molecule has 0 radical (unpaired) electrons. The zero-order chi connectivity index (χ0) is 19.2. The van der Waals surface area contributed by atoms with Crippen LogP contribution in [0.25, 0.3) is 11.5 Å². The molecule has 146 valence electrons. The van der Waals surface area contributed by atoms with Crippen molar-refractivity contribution in [2.75, 3.05) is 26.8 Å². The summed E-state index contributed by atoms with van der Waals surface area (Å²) in [7, 11) is 1.35. The molecular weight excluding hydrogens is 368 g/mol. The number of carbonyl (C=O) groups is 2. The first-order valence-electron chi connectivity index (χ1n) is 9.02. The van der Waals surface area contributed by atoms with Crippen molar-refractivity contribution in [3.63, 3.8) is 0 Å². The van der Waals surface area contributed by atoms with Crippen LogP contribution in [0.3, 0.4) is 0 Å². The predicted octanol–water partition coefficient (Wildman–Crippen LogP) is 2.82. The van der Waals surface area contributed by atoms with Crippen LogP contribution in [0.5, 0.6) is 0 Å². The Morgan fingerprint density at radius 2 is 2.30 bits per heavy atom. The average molecular weight is 392 g/mol. The maximum absolute atomic E-state index is 12.9. The van der Waals surface area contributed by atoms with Gasteiger partial charge in [-0.15, -0.1) is 0 Å². The molecule has 7 nitrogen and oxygen atoms in total. The van der Waals surface area contributed by atoms with Crippen LogP contribution in [0.1, 0.15) is 30.7 Å². The van der Waals surface area contributed by atoms with E-state index in [-0.39, 0.29) is 30.8 Å². The van der Waals surface area contributed by atoms with Crippen LogP contribution >= 0.6 is 11.3 Å². The number of aromatic nitrogens is 1. The smallest absolute Gasteiger partial charge is 0.307 e. The number of nitrogens with zero attached hydrogens (tertiary/aromatic N) is 2. The van der Waals surface area contributed by atoms with E-state index in [1.165, 1.54) is 7.11 Å². The molecule has 1 amide bonds. The van der Waals surface area contributed by atoms with Gasteiger partial charge in [-0.2, -0.15) is 11.3 Å². The van der Waals surface area contributed by atoms with Crippen LogP contribution in [-0.2, 0) is 25.5 Å². The number of esters is 1. The van der Waals surface area contributed by atoms with Crippen LogP contribution in [0.4, 0.5) is 0 Å². The second-order valence-corrected chi connectivity index (χ2v) is 7.29. The number of aryl methyl sites for hydroxylation is 1. The monoisotopic (exact) mass is 392 g/mol. The normalized spacial score (nSPS) is 16.4. The predicted molar refractivity (Wildman–Crippen MR) is 100 cm³/mol. The number of methoxy groups -OCH3 is 1. The van der Waals surface area contributed by atoms with E-state index in [1.807, 2.05) is 23.8 Å². The van der Waals surface area contributed by atoms with Crippen molar-refractivity contribution in [3.05, 3.63) is 28.3 Å². The van der Waals surface area contributed by atoms with Gasteiger partial charge in [-0.25, -0.2) is 4.98 Å². The van der Waals surface area contributed by atoms with Crippen LogP contribution in [0, 0.1) is 6.92 Å². The van der Waals surface area contributed by atoms with Gasteiger partial charge in [-0.1, -0.05) is 0 Å². The fourth-order valence-electron chi connectivity index (χ4n) is 3.04. The van der Waals surface area contributed by atoms with Crippen molar-refractivity contribution < 1.29 is 23.5 Å². The van der Waals surface area contributed by atoms with Gasteiger partial charge < -0.3 is 18.8 Å². The lowest BCUT2D eigenvalue weighted by Gasteiger charge is -2.25. The lowest BCUT2D eigenvalue weighted by molar-refractivity contribution is -0.142. The number of ether oxygens (including phenoxy) is 2. The summed E-state index contributed by atoms with van der Waals surface area (Å²) >= 11 is 1.56. The van der Waals surface area contributed by atoms with Gasteiger partial charge in [0.05, 0.1) is 31.7 Å². The highest BCUT2D eigenvalue weighted by Crippen LogP contribution is 2.24. The molecule has 1 aliphatic rings. The lowest BCUT2D eigenvalue weighted by atomic mass is 10.2. The molecule has 3 heterocycles. The lowest BCUT2D eigenvalue weighted by Crippen LogP contribution is -2.39. The molecule has 1 fully saturated rings. The first-order chi connectivity index (χ1) is 13.1. The molecule has 0 aromatic carbocycles. The summed E-state index contributed by atoms with van der Waals surface area (Å²) in [6.07, 6.45) is 2.23. The van der Waals surface area contributed by atoms with E-state index in [2.05, 4.69) is 4.98 Å². The zero-order valence-corrected chi connectivity index (χ0v) is 16.4. The Hall–Kier alpha value is -2.19. The van der Waals surface area contributed by atoms with E-state index in [0.29, 0.717) is 30.4 Å². The number of rotatable bonds is 8. The van der Waals surface area contributed by atoms with Crippen molar-refractivity contribution in [2.24, 2.45) is 0 Å². The molecule has 0 bridgehead atoms. The van der Waals surface area contributed by atoms with Crippen molar-refractivity contribution in [1.29, 1.82) is 0 Å². The van der Waals surface area contributed by atoms with Gasteiger partial charge in [0.25, 0.3) is 0 Å². The summed E-state index contributed by atoms with van der Waals surface area (Å²) in [5.74, 6) is 0.728. The SMILES string of the molecule is COC(=O)CCN(CC1CCCO1)C(=O)Cc1nc(-c2ccsc2)oc1C. The molecule has 2 aromatic rings. The van der Waals surface area contributed by atoms with Crippen molar-refractivity contribution in [1.82, 2.24) is 9.88 Å². The number of oxazole rings is 1. The first-order valence-corrected chi connectivity index (χ1v) is 9.96. The minimum atomic E-state index is -0.336. The highest BCUT2D eigenvalue weighted by atomic mass is 32.1.